The molecular formula is C39H24N2OS. The molecule has 3 nitrogen and oxygen atoms in total. The van der Waals surface area contributed by atoms with E-state index in [1.807, 2.05) is 18.3 Å². The number of hydrogen-bond acceptors (Lipinski definition) is 4. The van der Waals surface area contributed by atoms with Gasteiger partial charge in [0, 0.05) is 43.8 Å². The number of aromatic nitrogens is 1. The highest BCUT2D eigenvalue weighted by Crippen LogP contribution is 2.46. The molecule has 0 bridgehead atoms. The number of furan rings is 1. The number of thiophene rings is 1. The van der Waals surface area contributed by atoms with Crippen molar-refractivity contribution in [2.45, 2.75) is 0 Å². The lowest BCUT2D eigenvalue weighted by atomic mass is 10.0. The highest BCUT2D eigenvalue weighted by molar-refractivity contribution is 7.26. The molecule has 0 fully saturated rings. The van der Waals surface area contributed by atoms with Crippen LogP contribution in [0.25, 0.3) is 64.1 Å². The molecule has 0 aliphatic heterocycles. The average Bonchev–Trinajstić information content (AvgIpc) is 3.65. The Morgan fingerprint density at radius 1 is 0.535 bits per heavy atom. The second kappa shape index (κ2) is 9.55. The fraction of sp³-hybridized carbons (Fsp3) is 0. The van der Waals surface area contributed by atoms with Crippen molar-refractivity contribution in [2.75, 3.05) is 4.90 Å². The molecule has 0 spiro atoms. The first-order chi connectivity index (χ1) is 21.3. The van der Waals surface area contributed by atoms with Gasteiger partial charge >= 0.3 is 0 Å². The van der Waals surface area contributed by atoms with Crippen molar-refractivity contribution >= 4 is 81.4 Å². The largest absolute Gasteiger partial charge is 0.456 e. The van der Waals surface area contributed by atoms with E-state index in [0.29, 0.717) is 0 Å². The summed E-state index contributed by atoms with van der Waals surface area (Å²) in [4.78, 5) is 8.26. The maximum absolute atomic E-state index is 6.19. The molecule has 6 aromatic carbocycles. The van der Waals surface area contributed by atoms with E-state index in [1.54, 1.807) is 11.3 Å². The molecule has 0 saturated carbocycles. The van der Waals surface area contributed by atoms with Gasteiger partial charge < -0.3 is 9.32 Å². The molecule has 202 valence electrons. The summed E-state index contributed by atoms with van der Waals surface area (Å²) in [5.41, 5.74) is 7.43. The molecule has 0 saturated heterocycles. The van der Waals surface area contributed by atoms with Gasteiger partial charge in [0.1, 0.15) is 16.0 Å². The Kier molecular flexibility index (Phi) is 5.37. The summed E-state index contributed by atoms with van der Waals surface area (Å²) < 4.78 is 7.46. The molecule has 0 radical (unpaired) electrons. The molecule has 9 rings (SSSR count). The predicted molar refractivity (Wildman–Crippen MR) is 182 cm³/mol. The smallest absolute Gasteiger partial charge is 0.135 e. The zero-order valence-corrected chi connectivity index (χ0v) is 23.9. The summed E-state index contributed by atoms with van der Waals surface area (Å²) in [5, 5.41) is 7.12. The Morgan fingerprint density at radius 3 is 2.14 bits per heavy atom. The summed E-state index contributed by atoms with van der Waals surface area (Å²) in [5.74, 6) is 0. The lowest BCUT2D eigenvalue weighted by Gasteiger charge is -2.26. The highest BCUT2D eigenvalue weighted by atomic mass is 32.1. The lowest BCUT2D eigenvalue weighted by Crippen LogP contribution is -2.10. The number of anilines is 3. The molecule has 0 N–H and O–H groups in total. The normalized spacial score (nSPS) is 11.7. The number of fused-ring (bicyclic) bond motifs is 8. The van der Waals surface area contributed by atoms with Crippen molar-refractivity contribution in [3.63, 3.8) is 0 Å². The standard InChI is InChI=1S/C39H24N2OS/c1-2-8-25(9-3-1)26-14-17-28(18-15-26)41(29-19-21-36-33(24-29)31-12-6-7-13-35(31)42-36)34-22-23-40-39-37(34)32-20-16-27-10-4-5-11-30(27)38(32)43-39/h1-24H. The van der Waals surface area contributed by atoms with Crippen molar-refractivity contribution in [3.8, 4) is 11.1 Å². The summed E-state index contributed by atoms with van der Waals surface area (Å²) in [6, 6.07) is 49.4. The van der Waals surface area contributed by atoms with Crippen LogP contribution >= 0.6 is 11.3 Å². The molecule has 4 heteroatoms. The van der Waals surface area contributed by atoms with Crippen LogP contribution in [0.2, 0.25) is 0 Å². The third-order valence-electron chi connectivity index (χ3n) is 8.33. The van der Waals surface area contributed by atoms with E-state index < -0.39 is 0 Å². The van der Waals surface area contributed by atoms with Gasteiger partial charge in [0.15, 0.2) is 0 Å². The van der Waals surface area contributed by atoms with Gasteiger partial charge in [0.05, 0.1) is 5.69 Å². The Labute approximate surface area is 251 Å². The number of hydrogen-bond donors (Lipinski definition) is 0. The molecule has 3 heterocycles. The minimum atomic E-state index is 0.886. The summed E-state index contributed by atoms with van der Waals surface area (Å²) in [6.07, 6.45) is 1.94. The van der Waals surface area contributed by atoms with Crippen LogP contribution in [0.1, 0.15) is 0 Å². The Bertz CT molecular complexity index is 2460. The molecule has 3 aromatic heterocycles. The number of nitrogens with zero attached hydrogens (tertiary/aromatic N) is 2. The van der Waals surface area contributed by atoms with Gasteiger partial charge in [0.2, 0.25) is 0 Å². The second-order valence-corrected chi connectivity index (χ2v) is 11.8. The third-order valence-corrected chi connectivity index (χ3v) is 9.48. The first-order valence-electron chi connectivity index (χ1n) is 14.4. The van der Waals surface area contributed by atoms with Crippen molar-refractivity contribution < 1.29 is 4.42 Å². The monoisotopic (exact) mass is 568 g/mol. The van der Waals surface area contributed by atoms with Gasteiger partial charge in [0.25, 0.3) is 0 Å². The molecule has 9 aromatic rings. The summed E-state index contributed by atoms with van der Waals surface area (Å²) in [7, 11) is 0. The SMILES string of the molecule is c1ccc(-c2ccc(N(c3ccc4oc5ccccc5c4c3)c3ccnc4sc5c6ccccc6ccc5c34)cc2)cc1. The van der Waals surface area contributed by atoms with Crippen molar-refractivity contribution in [2.24, 2.45) is 0 Å². The quantitative estimate of drug-likeness (QED) is 0.211. The van der Waals surface area contributed by atoms with E-state index in [0.717, 1.165) is 49.2 Å². The maximum atomic E-state index is 6.19. The van der Waals surface area contributed by atoms with Crippen LogP contribution < -0.4 is 4.90 Å². The molecular weight excluding hydrogens is 545 g/mol. The third kappa shape index (κ3) is 3.84. The molecule has 0 unspecified atom stereocenters. The number of para-hydroxylation sites is 1. The Morgan fingerprint density at radius 2 is 1.26 bits per heavy atom. The van der Waals surface area contributed by atoms with Crippen LogP contribution in [0.5, 0.6) is 0 Å². The highest BCUT2D eigenvalue weighted by Gasteiger charge is 2.21. The molecule has 0 aliphatic carbocycles. The van der Waals surface area contributed by atoms with E-state index >= 15 is 0 Å². The molecule has 0 amide bonds. The second-order valence-electron chi connectivity index (χ2n) is 10.8. The zero-order valence-electron chi connectivity index (χ0n) is 23.1. The van der Waals surface area contributed by atoms with E-state index in [9.17, 15) is 0 Å². The van der Waals surface area contributed by atoms with Crippen molar-refractivity contribution in [1.29, 1.82) is 0 Å². The van der Waals surface area contributed by atoms with Crippen LogP contribution in [-0.4, -0.2) is 4.98 Å². The van der Waals surface area contributed by atoms with Crippen LogP contribution in [0.3, 0.4) is 0 Å². The van der Waals surface area contributed by atoms with Gasteiger partial charge in [-0.3, -0.25) is 0 Å². The molecule has 0 aliphatic rings. The zero-order chi connectivity index (χ0) is 28.3. The fourth-order valence-electron chi connectivity index (χ4n) is 6.31. The van der Waals surface area contributed by atoms with Crippen LogP contribution in [0.4, 0.5) is 17.1 Å². The van der Waals surface area contributed by atoms with Gasteiger partial charge in [-0.15, -0.1) is 11.3 Å². The number of rotatable bonds is 4. The van der Waals surface area contributed by atoms with Gasteiger partial charge in [-0.2, -0.15) is 0 Å². The van der Waals surface area contributed by atoms with Gasteiger partial charge in [-0.1, -0.05) is 97.1 Å². The minimum absolute atomic E-state index is 0.886. The fourth-order valence-corrected chi connectivity index (χ4v) is 7.51. The van der Waals surface area contributed by atoms with Gasteiger partial charge in [-0.25, -0.2) is 4.98 Å². The molecule has 0 atom stereocenters. The van der Waals surface area contributed by atoms with Crippen LogP contribution in [-0.2, 0) is 0 Å². The van der Waals surface area contributed by atoms with E-state index in [-0.39, 0.29) is 0 Å². The minimum Gasteiger partial charge on any atom is -0.456 e. The van der Waals surface area contributed by atoms with E-state index in [2.05, 4.69) is 132 Å². The topological polar surface area (TPSA) is 29.3 Å². The van der Waals surface area contributed by atoms with Crippen molar-refractivity contribution in [3.05, 3.63) is 146 Å². The van der Waals surface area contributed by atoms with Gasteiger partial charge in [-0.05, 0) is 64.4 Å². The number of benzene rings is 6. The Hall–Kier alpha value is -5.45. The molecule has 43 heavy (non-hydrogen) atoms. The van der Waals surface area contributed by atoms with E-state index in [4.69, 9.17) is 9.40 Å². The van der Waals surface area contributed by atoms with Crippen LogP contribution in [0.15, 0.2) is 150 Å². The number of pyridine rings is 1. The van der Waals surface area contributed by atoms with Crippen LogP contribution in [0, 0.1) is 0 Å². The van der Waals surface area contributed by atoms with E-state index in [1.165, 1.54) is 32.0 Å². The predicted octanol–water partition coefficient (Wildman–Crippen LogP) is 11.6. The van der Waals surface area contributed by atoms with Crippen molar-refractivity contribution in [1.82, 2.24) is 4.98 Å². The average molecular weight is 569 g/mol. The first kappa shape index (κ1) is 24.2. The first-order valence-corrected chi connectivity index (χ1v) is 15.2. The summed E-state index contributed by atoms with van der Waals surface area (Å²) >= 11 is 1.77. The summed E-state index contributed by atoms with van der Waals surface area (Å²) in [6.45, 7) is 0. The Balaban J connectivity index is 1.31. The lowest BCUT2D eigenvalue weighted by molar-refractivity contribution is 0.669. The maximum Gasteiger partial charge on any atom is 0.135 e.